The number of fused-ring (bicyclic) bond motifs is 1. The van der Waals surface area contributed by atoms with Crippen molar-refractivity contribution < 1.29 is 16.5 Å². The Morgan fingerprint density at radius 2 is 0.816 bits per heavy atom. The Hall–Kier alpha value is 0.238. The molecule has 2 aliphatic rings. The fourth-order valence-electron chi connectivity index (χ4n) is 5.49. The van der Waals surface area contributed by atoms with Gasteiger partial charge in [0.05, 0.1) is 0 Å². The van der Waals surface area contributed by atoms with E-state index >= 15 is 0 Å². The molecule has 5 radical (unpaired) electrons. The normalized spacial score (nSPS) is 17.2. The summed E-state index contributed by atoms with van der Waals surface area (Å²) < 4.78 is 0. The molecule has 38 heavy (non-hydrogen) atoms. The van der Waals surface area contributed by atoms with Crippen LogP contribution in [0, 0.1) is 25.7 Å². The van der Waals surface area contributed by atoms with Crippen molar-refractivity contribution in [3.63, 3.8) is 0 Å². The molecule has 1 aliphatic carbocycles. The molecule has 1 aliphatic heterocycles. The summed E-state index contributed by atoms with van der Waals surface area (Å²) in [6, 6.07) is 8.99. The van der Waals surface area contributed by atoms with Gasteiger partial charge in [-0.1, -0.05) is 111 Å². The average molecular weight is 600 g/mol. The second kappa shape index (κ2) is 14.9. The van der Waals surface area contributed by atoms with Crippen LogP contribution < -0.4 is 9.62 Å². The molecule has 217 valence electrons. The van der Waals surface area contributed by atoms with Crippen molar-refractivity contribution in [1.29, 1.82) is 0 Å². The van der Waals surface area contributed by atoms with E-state index in [-0.39, 0.29) is 32.3 Å². The fraction of sp³-hybridized carbons (Fsp3) is 0.688. The van der Waals surface area contributed by atoms with Gasteiger partial charge in [-0.15, -0.1) is 0 Å². The van der Waals surface area contributed by atoms with Crippen LogP contribution in [-0.2, 0) is 16.5 Å². The van der Waals surface area contributed by atoms with Crippen LogP contribution in [0.5, 0.6) is 0 Å². The van der Waals surface area contributed by atoms with Gasteiger partial charge in [-0.3, -0.25) is 0 Å². The third kappa shape index (κ3) is 11.3. The number of benzene rings is 1. The van der Waals surface area contributed by atoms with Crippen LogP contribution in [0.4, 0.5) is 11.4 Å². The Morgan fingerprint density at radius 1 is 0.553 bits per heavy atom. The summed E-state index contributed by atoms with van der Waals surface area (Å²) in [5.41, 5.74) is 2.76. The van der Waals surface area contributed by atoms with E-state index < -0.39 is 0 Å². The summed E-state index contributed by atoms with van der Waals surface area (Å²) in [4.78, 5) is 5.10. The maximum Gasteiger partial charge on any atom is 0.392 e. The number of nitrogens with zero attached hydrogens (tertiary/aromatic N) is 2. The van der Waals surface area contributed by atoms with Gasteiger partial charge in [-0.2, -0.15) is 0 Å². The monoisotopic (exact) mass is 599 g/mol. The van der Waals surface area contributed by atoms with Crippen LogP contribution in [0.15, 0.2) is 24.3 Å². The van der Waals surface area contributed by atoms with Crippen molar-refractivity contribution in [3.8, 4) is 0 Å². The van der Waals surface area contributed by atoms with Crippen LogP contribution in [0.2, 0.25) is 0 Å². The van der Waals surface area contributed by atoms with Crippen molar-refractivity contribution in [3.05, 3.63) is 49.9 Å². The SMILES string of the molecule is CC(C)(C)P(CN1[B]N(CP(C(C)(C)C)C(C)(C)C)c2ccccc21)C(C)(C)C.[CH]1[CH]CC[CH][CH]CC1.[Ni]. The molecule has 0 unspecified atom stereocenters. The van der Waals surface area contributed by atoms with Crippen molar-refractivity contribution in [2.45, 2.75) is 129 Å². The van der Waals surface area contributed by atoms with E-state index in [4.69, 9.17) is 0 Å². The smallest absolute Gasteiger partial charge is 0.392 e. The summed E-state index contributed by atoms with van der Waals surface area (Å²) >= 11 is 0. The Morgan fingerprint density at radius 3 is 1.05 bits per heavy atom. The summed E-state index contributed by atoms with van der Waals surface area (Å²) in [5, 5.41) is 1.31. The van der Waals surface area contributed by atoms with E-state index in [2.05, 4.69) is 150 Å². The van der Waals surface area contributed by atoms with Crippen molar-refractivity contribution in [2.75, 3.05) is 22.2 Å². The quantitative estimate of drug-likeness (QED) is 0.251. The minimum Gasteiger partial charge on any atom is -0.393 e. The number of anilines is 2. The Bertz CT molecular complexity index is 709. The van der Waals surface area contributed by atoms with Gasteiger partial charge in [0.25, 0.3) is 0 Å². The summed E-state index contributed by atoms with van der Waals surface area (Å²) in [5.74, 6) is 0. The molecule has 1 aromatic carbocycles. The van der Waals surface area contributed by atoms with E-state index in [0.29, 0.717) is 20.6 Å². The maximum atomic E-state index is 2.55. The average Bonchev–Trinajstić information content (AvgIpc) is 3.04. The van der Waals surface area contributed by atoms with E-state index in [1.54, 1.807) is 0 Å². The first-order valence-corrected chi connectivity index (χ1v) is 17.3. The fourth-order valence-corrected chi connectivity index (χ4v) is 12.3. The molecule has 0 aromatic heterocycles. The predicted molar refractivity (Wildman–Crippen MR) is 175 cm³/mol. The number of para-hydroxylation sites is 2. The zero-order valence-corrected chi connectivity index (χ0v) is 29.3. The van der Waals surface area contributed by atoms with Crippen LogP contribution in [0.1, 0.15) is 109 Å². The van der Waals surface area contributed by atoms with E-state index in [9.17, 15) is 0 Å². The standard InChI is InChI=1S/C24H44BN2P2.C8H12.Ni/c1-21(2,3)28(22(4,5)6)17-26-19-15-13-14-16-20(19)27(25-26)18-29(23(7,8)9)24(10,11)12;1-2-4-6-8-7-5-3-1;/h13-16H,17-18H2,1-12H3;1-2,7-8H,3-6H2;. The zero-order valence-electron chi connectivity index (χ0n) is 26.5. The minimum atomic E-state index is -0.189. The van der Waals surface area contributed by atoms with Gasteiger partial charge < -0.3 is 9.62 Å². The molecular formula is C32H56BN2NiP2. The summed E-state index contributed by atoms with van der Waals surface area (Å²) in [6.07, 6.45) is 16.2. The molecule has 6 heteroatoms. The molecule has 1 saturated carbocycles. The predicted octanol–water partition coefficient (Wildman–Crippen LogP) is 10.3. The molecule has 0 N–H and O–H groups in total. The molecule has 3 rings (SSSR count). The van der Waals surface area contributed by atoms with E-state index in [1.165, 1.54) is 37.1 Å². The third-order valence-electron chi connectivity index (χ3n) is 6.94. The first kappa shape index (κ1) is 36.3. The Labute approximate surface area is 252 Å². The second-order valence-corrected chi connectivity index (χ2v) is 22.1. The molecule has 0 amide bonds. The van der Waals surface area contributed by atoms with Gasteiger partial charge in [0.2, 0.25) is 0 Å². The van der Waals surface area contributed by atoms with Crippen molar-refractivity contribution in [2.24, 2.45) is 0 Å². The number of hydrogen-bond donors (Lipinski definition) is 0. The molecule has 1 heterocycles. The third-order valence-corrected chi connectivity index (χ3v) is 14.6. The van der Waals surface area contributed by atoms with Crippen LogP contribution >= 0.6 is 15.8 Å². The second-order valence-electron chi connectivity index (χ2n) is 14.5. The maximum absolute atomic E-state index is 2.55. The van der Waals surface area contributed by atoms with Gasteiger partial charge in [0.1, 0.15) is 0 Å². The summed E-state index contributed by atoms with van der Waals surface area (Å²) in [7, 11) is 2.04. The molecule has 1 aromatic rings. The largest absolute Gasteiger partial charge is 0.393 e. The minimum absolute atomic E-state index is 0. The van der Waals surface area contributed by atoms with Gasteiger partial charge in [-0.05, 0) is 84.1 Å². The van der Waals surface area contributed by atoms with Crippen LogP contribution in [0.25, 0.3) is 0 Å². The van der Waals surface area contributed by atoms with Crippen LogP contribution in [0.3, 0.4) is 0 Å². The van der Waals surface area contributed by atoms with Crippen molar-refractivity contribution in [1.82, 2.24) is 0 Å². The first-order chi connectivity index (χ1) is 16.9. The van der Waals surface area contributed by atoms with Gasteiger partial charge in [0.15, 0.2) is 0 Å². The van der Waals surface area contributed by atoms with Gasteiger partial charge >= 0.3 is 7.55 Å². The Balaban J connectivity index is 0.000000684. The molecule has 0 saturated heterocycles. The van der Waals surface area contributed by atoms with E-state index in [0.717, 1.165) is 12.6 Å². The van der Waals surface area contributed by atoms with E-state index in [1.807, 2.05) is 0 Å². The molecular weight excluding hydrogens is 544 g/mol. The first-order valence-electron chi connectivity index (χ1n) is 14.2. The Kier molecular flexibility index (Phi) is 14.2. The topological polar surface area (TPSA) is 6.48 Å². The summed E-state index contributed by atoms with van der Waals surface area (Å²) in [6.45, 7) is 29.0. The van der Waals surface area contributed by atoms with Gasteiger partial charge in [-0.25, -0.2) is 0 Å². The molecule has 0 spiro atoms. The number of rotatable bonds is 4. The van der Waals surface area contributed by atoms with Crippen LogP contribution in [-0.4, -0.2) is 40.7 Å². The van der Waals surface area contributed by atoms with Crippen molar-refractivity contribution >= 4 is 34.8 Å². The molecule has 1 fully saturated rings. The molecule has 0 bridgehead atoms. The van der Waals surface area contributed by atoms with Gasteiger partial charge in [0, 0.05) is 40.4 Å². The zero-order chi connectivity index (χ0) is 28.1. The molecule has 2 nitrogen and oxygen atoms in total. The number of hydrogen-bond acceptors (Lipinski definition) is 2. The molecule has 0 atom stereocenters.